The lowest BCUT2D eigenvalue weighted by Crippen LogP contribution is -2.30. The molecule has 1 amide bonds. The summed E-state index contributed by atoms with van der Waals surface area (Å²) in [7, 11) is -3.73. The first-order chi connectivity index (χ1) is 13.1. The number of anilines is 1. The summed E-state index contributed by atoms with van der Waals surface area (Å²) in [5.74, 6) is -1.26. The number of amides is 1. The minimum Gasteiger partial charge on any atom is -0.452 e. The topological polar surface area (TPSA) is 102 Å². The number of nitrogens with one attached hydrogen (secondary N) is 2. The summed E-state index contributed by atoms with van der Waals surface area (Å²) in [4.78, 5) is 24.2. The van der Waals surface area contributed by atoms with E-state index in [4.69, 9.17) is 4.74 Å². The lowest BCUT2D eigenvalue weighted by molar-refractivity contribution is -0.119. The Hall–Kier alpha value is -2.71. The van der Waals surface area contributed by atoms with Crippen LogP contribution in [0.4, 0.5) is 5.69 Å². The van der Waals surface area contributed by atoms with Gasteiger partial charge in [0.2, 0.25) is 10.0 Å². The van der Waals surface area contributed by atoms with Gasteiger partial charge in [0.25, 0.3) is 5.91 Å². The number of aryl methyl sites for hydroxylation is 2. The molecule has 0 saturated heterocycles. The van der Waals surface area contributed by atoms with Gasteiger partial charge in [-0.25, -0.2) is 17.9 Å². The Kier molecular flexibility index (Phi) is 6.93. The van der Waals surface area contributed by atoms with Crippen molar-refractivity contribution >= 4 is 27.6 Å². The molecule has 0 aliphatic heterocycles. The summed E-state index contributed by atoms with van der Waals surface area (Å²) in [5, 5.41) is 2.69. The Bertz CT molecular complexity index is 984. The number of hydrogen-bond donors (Lipinski definition) is 2. The van der Waals surface area contributed by atoms with Crippen LogP contribution in [0, 0.1) is 13.8 Å². The molecule has 2 N–H and O–H groups in total. The number of benzene rings is 2. The average Bonchev–Trinajstić information content (AvgIpc) is 2.62. The number of hydrogen-bond acceptors (Lipinski definition) is 5. The van der Waals surface area contributed by atoms with Gasteiger partial charge in [-0.05, 0) is 63.1 Å². The van der Waals surface area contributed by atoms with Crippen molar-refractivity contribution < 1.29 is 22.7 Å². The molecule has 0 spiro atoms. The number of carbonyl (C=O) groups is 2. The number of carbonyl (C=O) groups excluding carboxylic acids is 2. The van der Waals surface area contributed by atoms with Crippen LogP contribution in [-0.2, 0) is 19.6 Å². The van der Waals surface area contributed by atoms with E-state index in [0.29, 0.717) is 5.69 Å². The molecule has 0 saturated carbocycles. The van der Waals surface area contributed by atoms with E-state index in [1.165, 1.54) is 24.3 Å². The second-order valence-electron chi connectivity index (χ2n) is 6.75. The maximum atomic E-state index is 12.2. The number of esters is 1. The highest BCUT2D eigenvalue weighted by atomic mass is 32.2. The maximum absolute atomic E-state index is 12.2. The zero-order chi connectivity index (χ0) is 20.9. The maximum Gasteiger partial charge on any atom is 0.338 e. The van der Waals surface area contributed by atoms with Crippen LogP contribution in [0.5, 0.6) is 0 Å². The standard InChI is InChI=1S/C20H24N2O5S/c1-13(2)22-28(25,26)17-7-5-6-16(11-17)20(24)27-12-19(23)21-18-10-14(3)8-9-15(18)4/h5-11,13,22H,12H2,1-4H3,(H,21,23). The van der Waals surface area contributed by atoms with Crippen LogP contribution in [0.2, 0.25) is 0 Å². The van der Waals surface area contributed by atoms with Gasteiger partial charge >= 0.3 is 5.97 Å². The van der Waals surface area contributed by atoms with Gasteiger partial charge in [0.1, 0.15) is 0 Å². The number of sulfonamides is 1. The van der Waals surface area contributed by atoms with Gasteiger partial charge in [-0.15, -0.1) is 0 Å². The molecule has 2 rings (SSSR count). The van der Waals surface area contributed by atoms with Crippen molar-refractivity contribution in [2.24, 2.45) is 0 Å². The normalized spacial score (nSPS) is 11.3. The average molecular weight is 404 g/mol. The molecule has 0 aliphatic rings. The molecule has 2 aromatic rings. The monoisotopic (exact) mass is 404 g/mol. The molecule has 0 fully saturated rings. The summed E-state index contributed by atoms with van der Waals surface area (Å²) < 4.78 is 31.9. The van der Waals surface area contributed by atoms with Crippen molar-refractivity contribution in [2.75, 3.05) is 11.9 Å². The van der Waals surface area contributed by atoms with Gasteiger partial charge < -0.3 is 10.1 Å². The van der Waals surface area contributed by atoms with Crippen LogP contribution >= 0.6 is 0 Å². The van der Waals surface area contributed by atoms with E-state index >= 15 is 0 Å². The number of ether oxygens (including phenoxy) is 1. The van der Waals surface area contributed by atoms with Crippen molar-refractivity contribution in [3.05, 3.63) is 59.2 Å². The van der Waals surface area contributed by atoms with E-state index in [-0.39, 0.29) is 16.5 Å². The fourth-order valence-corrected chi connectivity index (χ4v) is 3.74. The van der Waals surface area contributed by atoms with Gasteiger partial charge in [-0.1, -0.05) is 18.2 Å². The molecule has 0 heterocycles. The molecule has 0 unspecified atom stereocenters. The molecule has 0 aromatic heterocycles. The van der Waals surface area contributed by atoms with Crippen LogP contribution < -0.4 is 10.0 Å². The van der Waals surface area contributed by atoms with Crippen molar-refractivity contribution in [1.82, 2.24) is 4.72 Å². The summed E-state index contributed by atoms with van der Waals surface area (Å²) in [6, 6.07) is 10.8. The lowest BCUT2D eigenvalue weighted by Gasteiger charge is -2.11. The summed E-state index contributed by atoms with van der Waals surface area (Å²) >= 11 is 0. The quantitative estimate of drug-likeness (QED) is 0.691. The van der Waals surface area contributed by atoms with E-state index in [2.05, 4.69) is 10.0 Å². The molecule has 0 aliphatic carbocycles. The van der Waals surface area contributed by atoms with Crippen molar-refractivity contribution in [3.8, 4) is 0 Å². The van der Waals surface area contributed by atoms with Gasteiger partial charge in [-0.2, -0.15) is 0 Å². The van der Waals surface area contributed by atoms with E-state index in [1.807, 2.05) is 32.0 Å². The van der Waals surface area contributed by atoms with E-state index < -0.39 is 28.5 Å². The van der Waals surface area contributed by atoms with Gasteiger partial charge in [0.15, 0.2) is 6.61 Å². The summed E-state index contributed by atoms with van der Waals surface area (Å²) in [5.41, 5.74) is 2.58. The van der Waals surface area contributed by atoms with Crippen molar-refractivity contribution in [3.63, 3.8) is 0 Å². The second kappa shape index (κ2) is 8.99. The Morgan fingerprint density at radius 3 is 2.46 bits per heavy atom. The molecule has 0 bridgehead atoms. The zero-order valence-corrected chi connectivity index (χ0v) is 17.1. The highest BCUT2D eigenvalue weighted by Crippen LogP contribution is 2.16. The zero-order valence-electron chi connectivity index (χ0n) is 16.3. The minimum atomic E-state index is -3.73. The molecule has 2 aromatic carbocycles. The van der Waals surface area contributed by atoms with E-state index in [0.717, 1.165) is 11.1 Å². The first kappa shape index (κ1) is 21.6. The summed E-state index contributed by atoms with van der Waals surface area (Å²) in [6.45, 7) is 6.68. The van der Waals surface area contributed by atoms with Crippen LogP contribution in [0.3, 0.4) is 0 Å². The Balaban J connectivity index is 2.02. The van der Waals surface area contributed by atoms with Crippen LogP contribution in [0.25, 0.3) is 0 Å². The molecule has 0 atom stereocenters. The Labute approximate surface area is 165 Å². The van der Waals surface area contributed by atoms with E-state index in [9.17, 15) is 18.0 Å². The largest absolute Gasteiger partial charge is 0.452 e. The predicted molar refractivity (Wildman–Crippen MR) is 107 cm³/mol. The molecule has 28 heavy (non-hydrogen) atoms. The van der Waals surface area contributed by atoms with Crippen molar-refractivity contribution in [2.45, 2.75) is 38.6 Å². The fourth-order valence-electron chi connectivity index (χ4n) is 2.44. The minimum absolute atomic E-state index is 0.0458. The van der Waals surface area contributed by atoms with Crippen LogP contribution in [0.15, 0.2) is 47.4 Å². The predicted octanol–water partition coefficient (Wildman–Crippen LogP) is 2.79. The molecular formula is C20H24N2O5S. The smallest absolute Gasteiger partial charge is 0.338 e. The van der Waals surface area contributed by atoms with E-state index in [1.54, 1.807) is 13.8 Å². The summed E-state index contributed by atoms with van der Waals surface area (Å²) in [6.07, 6.45) is 0. The van der Waals surface area contributed by atoms with Crippen LogP contribution in [0.1, 0.15) is 35.3 Å². The van der Waals surface area contributed by atoms with Gasteiger partial charge in [0, 0.05) is 11.7 Å². The van der Waals surface area contributed by atoms with Crippen LogP contribution in [-0.4, -0.2) is 32.9 Å². The molecule has 150 valence electrons. The Morgan fingerprint density at radius 1 is 1.07 bits per heavy atom. The lowest BCUT2D eigenvalue weighted by atomic mass is 10.1. The highest BCUT2D eigenvalue weighted by molar-refractivity contribution is 7.89. The SMILES string of the molecule is Cc1ccc(C)c(NC(=O)COC(=O)c2cccc(S(=O)(=O)NC(C)C)c2)c1. The molecule has 8 heteroatoms. The third-order valence-corrected chi connectivity index (χ3v) is 5.43. The first-order valence-electron chi connectivity index (χ1n) is 8.75. The van der Waals surface area contributed by atoms with Crippen molar-refractivity contribution in [1.29, 1.82) is 0 Å². The van der Waals surface area contributed by atoms with Gasteiger partial charge in [-0.3, -0.25) is 4.79 Å². The molecule has 7 nitrogen and oxygen atoms in total. The molecular weight excluding hydrogens is 380 g/mol. The Morgan fingerprint density at radius 2 is 1.79 bits per heavy atom. The fraction of sp³-hybridized carbons (Fsp3) is 0.300. The third-order valence-electron chi connectivity index (χ3n) is 3.77. The molecule has 0 radical (unpaired) electrons. The number of rotatable bonds is 7. The van der Waals surface area contributed by atoms with Gasteiger partial charge in [0.05, 0.1) is 10.5 Å². The first-order valence-corrected chi connectivity index (χ1v) is 10.2. The third kappa shape index (κ3) is 5.90. The second-order valence-corrected chi connectivity index (χ2v) is 8.46. The highest BCUT2D eigenvalue weighted by Gasteiger charge is 2.18.